The van der Waals surface area contributed by atoms with Gasteiger partial charge in [-0.2, -0.15) is 5.10 Å². The molecular formula is C22H20N4O4S. The Morgan fingerprint density at radius 3 is 2.55 bits per heavy atom. The van der Waals surface area contributed by atoms with Gasteiger partial charge in [-0.3, -0.25) is 9.59 Å². The molecule has 1 N–H and O–H groups in total. The van der Waals surface area contributed by atoms with E-state index in [1.165, 1.54) is 12.3 Å². The van der Waals surface area contributed by atoms with Crippen molar-refractivity contribution in [2.24, 2.45) is 0 Å². The van der Waals surface area contributed by atoms with Gasteiger partial charge in [0, 0.05) is 22.7 Å². The highest BCUT2D eigenvalue weighted by Crippen LogP contribution is 2.30. The Morgan fingerprint density at radius 2 is 1.94 bits per heavy atom. The van der Waals surface area contributed by atoms with Crippen LogP contribution < -0.4 is 10.9 Å². The molecule has 4 rings (SSSR count). The summed E-state index contributed by atoms with van der Waals surface area (Å²) in [6.45, 7) is 3.40. The van der Waals surface area contributed by atoms with Crippen LogP contribution in [0.5, 0.6) is 0 Å². The number of hydrogen-bond donors (Lipinski definition) is 1. The zero-order valence-corrected chi connectivity index (χ0v) is 18.0. The Morgan fingerprint density at radius 1 is 1.16 bits per heavy atom. The molecule has 4 aromatic rings. The molecule has 0 saturated carbocycles. The molecule has 1 amide bonds. The number of aryl methyl sites for hydroxylation is 1. The number of hydrogen-bond acceptors (Lipinski definition) is 7. The van der Waals surface area contributed by atoms with E-state index in [1.54, 1.807) is 43.8 Å². The minimum atomic E-state index is -0.855. The molecule has 0 aliphatic rings. The van der Waals surface area contributed by atoms with Crippen molar-refractivity contribution in [2.75, 3.05) is 11.6 Å². The third-order valence-electron chi connectivity index (χ3n) is 4.71. The van der Waals surface area contributed by atoms with Crippen LogP contribution in [0.25, 0.3) is 22.8 Å². The Kier molecular flexibility index (Phi) is 5.77. The second kappa shape index (κ2) is 8.65. The minimum Gasteiger partial charge on any atom is -0.463 e. The first-order chi connectivity index (χ1) is 15.0. The molecule has 9 heteroatoms. The number of amides is 1. The smallest absolute Gasteiger partial charge is 0.268 e. The van der Waals surface area contributed by atoms with E-state index in [0.717, 1.165) is 9.58 Å². The fourth-order valence-corrected chi connectivity index (χ4v) is 3.46. The molecule has 0 bridgehead atoms. The lowest BCUT2D eigenvalue weighted by atomic mass is 10.1. The van der Waals surface area contributed by atoms with Gasteiger partial charge in [0.15, 0.2) is 11.5 Å². The lowest BCUT2D eigenvalue weighted by Crippen LogP contribution is -2.33. The number of anilines is 1. The second-order valence-electron chi connectivity index (χ2n) is 6.89. The molecule has 31 heavy (non-hydrogen) atoms. The standard InChI is InChI=1S/C22H20N4O4S/c1-13-11-19(30-25-13)17-12-20(27)26(24-21(17)18-5-4-10-29-18)14(2)22(28)23-15-6-8-16(31-3)9-7-15/h4-12,14H,1-3H3,(H,23,28). The van der Waals surface area contributed by atoms with Crippen LogP contribution in [0.2, 0.25) is 0 Å². The second-order valence-corrected chi connectivity index (χ2v) is 7.77. The van der Waals surface area contributed by atoms with Crippen molar-refractivity contribution in [3.63, 3.8) is 0 Å². The maximum atomic E-state index is 12.8. The summed E-state index contributed by atoms with van der Waals surface area (Å²) in [6, 6.07) is 13.1. The molecule has 0 radical (unpaired) electrons. The predicted molar refractivity (Wildman–Crippen MR) is 118 cm³/mol. The Labute approximate surface area is 182 Å². The topological polar surface area (TPSA) is 103 Å². The first-order valence-electron chi connectivity index (χ1n) is 9.52. The number of nitrogens with one attached hydrogen (secondary N) is 1. The molecule has 1 aromatic carbocycles. The number of carbonyl (C=O) groups excluding carboxylic acids is 1. The van der Waals surface area contributed by atoms with E-state index >= 15 is 0 Å². The summed E-state index contributed by atoms with van der Waals surface area (Å²) < 4.78 is 12.0. The van der Waals surface area contributed by atoms with Crippen LogP contribution in [0.1, 0.15) is 18.7 Å². The van der Waals surface area contributed by atoms with Gasteiger partial charge in [-0.05, 0) is 56.5 Å². The molecule has 3 heterocycles. The van der Waals surface area contributed by atoms with Crippen molar-refractivity contribution >= 4 is 23.4 Å². The molecule has 0 aliphatic carbocycles. The Balaban J connectivity index is 1.69. The molecule has 0 spiro atoms. The van der Waals surface area contributed by atoms with Gasteiger partial charge >= 0.3 is 0 Å². The van der Waals surface area contributed by atoms with Gasteiger partial charge in [-0.1, -0.05) is 5.16 Å². The van der Waals surface area contributed by atoms with Crippen molar-refractivity contribution in [3.8, 4) is 22.8 Å². The largest absolute Gasteiger partial charge is 0.463 e. The molecule has 0 fully saturated rings. The fourth-order valence-electron chi connectivity index (χ4n) is 3.05. The monoisotopic (exact) mass is 436 g/mol. The van der Waals surface area contributed by atoms with E-state index < -0.39 is 11.6 Å². The quantitative estimate of drug-likeness (QED) is 0.447. The van der Waals surface area contributed by atoms with Crippen LogP contribution in [-0.4, -0.2) is 27.1 Å². The van der Waals surface area contributed by atoms with Gasteiger partial charge in [0.2, 0.25) is 5.91 Å². The summed E-state index contributed by atoms with van der Waals surface area (Å²) in [6.07, 6.45) is 3.49. The van der Waals surface area contributed by atoms with E-state index in [1.807, 2.05) is 30.5 Å². The van der Waals surface area contributed by atoms with Crippen molar-refractivity contribution in [1.82, 2.24) is 14.9 Å². The predicted octanol–water partition coefficient (Wildman–Crippen LogP) is 4.39. The van der Waals surface area contributed by atoms with E-state index in [9.17, 15) is 9.59 Å². The molecule has 3 aromatic heterocycles. The van der Waals surface area contributed by atoms with E-state index in [0.29, 0.717) is 34.2 Å². The summed E-state index contributed by atoms with van der Waals surface area (Å²) in [4.78, 5) is 26.7. The maximum absolute atomic E-state index is 12.8. The van der Waals surface area contributed by atoms with Crippen LogP contribution in [0.3, 0.4) is 0 Å². The molecule has 1 unspecified atom stereocenters. The maximum Gasteiger partial charge on any atom is 0.268 e. The van der Waals surface area contributed by atoms with Gasteiger partial charge in [0.1, 0.15) is 11.7 Å². The van der Waals surface area contributed by atoms with Gasteiger partial charge < -0.3 is 14.3 Å². The van der Waals surface area contributed by atoms with Gasteiger partial charge in [-0.25, -0.2) is 4.68 Å². The van der Waals surface area contributed by atoms with E-state index in [2.05, 4.69) is 15.6 Å². The van der Waals surface area contributed by atoms with E-state index in [4.69, 9.17) is 8.94 Å². The first kappa shape index (κ1) is 20.7. The number of rotatable bonds is 6. The van der Waals surface area contributed by atoms with Crippen LogP contribution >= 0.6 is 11.8 Å². The summed E-state index contributed by atoms with van der Waals surface area (Å²) in [5.74, 6) is 0.477. The number of furan rings is 1. The van der Waals surface area contributed by atoms with Gasteiger partial charge in [0.25, 0.3) is 5.56 Å². The molecule has 1 atom stereocenters. The third kappa shape index (κ3) is 4.31. The van der Waals surface area contributed by atoms with Crippen LogP contribution in [-0.2, 0) is 4.79 Å². The Hall–Kier alpha value is -3.59. The minimum absolute atomic E-state index is 0.361. The highest BCUT2D eigenvalue weighted by molar-refractivity contribution is 7.98. The zero-order chi connectivity index (χ0) is 22.0. The summed E-state index contributed by atoms with van der Waals surface area (Å²) in [7, 11) is 0. The van der Waals surface area contributed by atoms with Crippen molar-refractivity contribution < 1.29 is 13.7 Å². The average Bonchev–Trinajstić information content (AvgIpc) is 3.45. The fraction of sp³-hybridized carbons (Fsp3) is 0.182. The van der Waals surface area contributed by atoms with Crippen LogP contribution in [0, 0.1) is 6.92 Å². The number of carbonyl (C=O) groups is 1. The van der Waals surface area contributed by atoms with Crippen molar-refractivity contribution in [3.05, 3.63) is 70.8 Å². The molecule has 158 valence electrons. The third-order valence-corrected chi connectivity index (χ3v) is 5.45. The normalized spacial score (nSPS) is 12.0. The van der Waals surface area contributed by atoms with Gasteiger partial charge in [0.05, 0.1) is 17.5 Å². The van der Waals surface area contributed by atoms with Crippen LogP contribution in [0.4, 0.5) is 5.69 Å². The number of thioether (sulfide) groups is 1. The lowest BCUT2D eigenvalue weighted by molar-refractivity contribution is -0.119. The number of nitrogens with zero attached hydrogens (tertiary/aromatic N) is 3. The number of benzene rings is 1. The Bertz CT molecular complexity index is 1260. The molecule has 0 saturated heterocycles. The SMILES string of the molecule is CSc1ccc(NC(=O)C(C)n2nc(-c3ccco3)c(-c3cc(C)no3)cc2=O)cc1. The number of aromatic nitrogens is 3. The summed E-state index contributed by atoms with van der Waals surface area (Å²) >= 11 is 1.61. The molecule has 0 aliphatic heterocycles. The summed E-state index contributed by atoms with van der Waals surface area (Å²) in [5, 5.41) is 11.2. The molecular weight excluding hydrogens is 416 g/mol. The van der Waals surface area contributed by atoms with Crippen molar-refractivity contribution in [1.29, 1.82) is 0 Å². The van der Waals surface area contributed by atoms with Gasteiger partial charge in [-0.15, -0.1) is 11.8 Å². The highest BCUT2D eigenvalue weighted by atomic mass is 32.2. The highest BCUT2D eigenvalue weighted by Gasteiger charge is 2.23. The zero-order valence-electron chi connectivity index (χ0n) is 17.2. The molecule has 8 nitrogen and oxygen atoms in total. The summed E-state index contributed by atoms with van der Waals surface area (Å²) in [5.41, 5.74) is 1.69. The first-order valence-corrected chi connectivity index (χ1v) is 10.7. The van der Waals surface area contributed by atoms with E-state index in [-0.39, 0.29) is 5.91 Å². The van der Waals surface area contributed by atoms with Crippen LogP contribution in [0.15, 0.2) is 73.4 Å². The lowest BCUT2D eigenvalue weighted by Gasteiger charge is -2.16. The van der Waals surface area contributed by atoms with Crippen molar-refractivity contribution in [2.45, 2.75) is 24.8 Å². The average molecular weight is 436 g/mol.